The molecule has 1 heterocycles. The van der Waals surface area contributed by atoms with Crippen LogP contribution in [-0.2, 0) is 4.74 Å². The molecule has 0 amide bonds. The van der Waals surface area contributed by atoms with Gasteiger partial charge in [-0.3, -0.25) is 0 Å². The molecule has 2 rings (SSSR count). The first-order valence-corrected chi connectivity index (χ1v) is 6.39. The lowest BCUT2D eigenvalue weighted by atomic mass is 10.2. The summed E-state index contributed by atoms with van der Waals surface area (Å²) in [5.74, 6) is 0.0445. The third-order valence-electron chi connectivity index (χ3n) is 3.00. The van der Waals surface area contributed by atoms with E-state index < -0.39 is 5.97 Å². The van der Waals surface area contributed by atoms with Gasteiger partial charge in [0.2, 0.25) is 0 Å². The van der Waals surface area contributed by atoms with Gasteiger partial charge in [0.25, 0.3) is 0 Å². The molecular weight excluding hydrogens is 268 g/mol. The molecule has 0 saturated carbocycles. The lowest BCUT2D eigenvalue weighted by Crippen LogP contribution is -2.08. The SMILES string of the molecule is COC(=O)c1cc(Nc2ccc(N(C)C)cc2)ncc1N. The number of carbonyl (C=O) groups is 1. The molecule has 1 aromatic carbocycles. The Morgan fingerprint density at radius 3 is 2.52 bits per heavy atom. The van der Waals surface area contributed by atoms with Gasteiger partial charge in [-0.25, -0.2) is 9.78 Å². The highest BCUT2D eigenvalue weighted by Crippen LogP contribution is 2.21. The fourth-order valence-electron chi connectivity index (χ4n) is 1.81. The predicted molar refractivity (Wildman–Crippen MR) is 84.0 cm³/mol. The van der Waals surface area contributed by atoms with Gasteiger partial charge < -0.3 is 20.7 Å². The van der Waals surface area contributed by atoms with Crippen molar-refractivity contribution in [2.75, 3.05) is 37.2 Å². The van der Waals surface area contributed by atoms with E-state index in [1.165, 1.54) is 13.3 Å². The largest absolute Gasteiger partial charge is 0.465 e. The fraction of sp³-hybridized carbons (Fsp3) is 0.200. The van der Waals surface area contributed by atoms with E-state index in [1.807, 2.05) is 43.3 Å². The summed E-state index contributed by atoms with van der Waals surface area (Å²) >= 11 is 0. The molecule has 0 atom stereocenters. The number of esters is 1. The number of hydrogen-bond donors (Lipinski definition) is 2. The molecule has 1 aromatic heterocycles. The van der Waals surface area contributed by atoms with E-state index in [1.54, 1.807) is 6.07 Å². The van der Waals surface area contributed by atoms with Crippen LogP contribution in [0, 0.1) is 0 Å². The number of rotatable bonds is 4. The third kappa shape index (κ3) is 3.42. The molecular formula is C15H18N4O2. The van der Waals surface area contributed by atoms with Gasteiger partial charge in [0, 0.05) is 25.5 Å². The van der Waals surface area contributed by atoms with E-state index >= 15 is 0 Å². The van der Waals surface area contributed by atoms with Gasteiger partial charge in [-0.15, -0.1) is 0 Å². The summed E-state index contributed by atoms with van der Waals surface area (Å²) in [6, 6.07) is 9.42. The maximum Gasteiger partial charge on any atom is 0.340 e. The highest BCUT2D eigenvalue weighted by Gasteiger charge is 2.11. The van der Waals surface area contributed by atoms with Gasteiger partial charge in [0.05, 0.1) is 24.6 Å². The number of methoxy groups -OCH3 is 1. The molecule has 0 spiro atoms. The summed E-state index contributed by atoms with van der Waals surface area (Å²) < 4.78 is 4.68. The second-order valence-corrected chi connectivity index (χ2v) is 4.71. The highest BCUT2D eigenvalue weighted by atomic mass is 16.5. The predicted octanol–water partition coefficient (Wildman–Crippen LogP) is 2.26. The van der Waals surface area contributed by atoms with Crippen LogP contribution in [0.2, 0.25) is 0 Å². The molecule has 0 aliphatic heterocycles. The lowest BCUT2D eigenvalue weighted by Gasteiger charge is -2.13. The van der Waals surface area contributed by atoms with Crippen LogP contribution in [0.3, 0.4) is 0 Å². The summed E-state index contributed by atoms with van der Waals surface area (Å²) in [4.78, 5) is 17.8. The topological polar surface area (TPSA) is 80.5 Å². The fourth-order valence-corrected chi connectivity index (χ4v) is 1.81. The van der Waals surface area contributed by atoms with Crippen LogP contribution >= 0.6 is 0 Å². The molecule has 0 fully saturated rings. The van der Waals surface area contributed by atoms with Crippen LogP contribution in [0.4, 0.5) is 22.9 Å². The Hall–Kier alpha value is -2.76. The molecule has 2 aromatic rings. The monoisotopic (exact) mass is 286 g/mol. The smallest absolute Gasteiger partial charge is 0.340 e. The lowest BCUT2D eigenvalue weighted by molar-refractivity contribution is 0.0602. The summed E-state index contributed by atoms with van der Waals surface area (Å²) in [5, 5.41) is 3.12. The summed E-state index contributed by atoms with van der Waals surface area (Å²) in [5.41, 5.74) is 8.26. The molecule has 6 heteroatoms. The van der Waals surface area contributed by atoms with Crippen molar-refractivity contribution in [1.82, 2.24) is 4.98 Å². The molecule has 0 aliphatic rings. The third-order valence-corrected chi connectivity index (χ3v) is 3.00. The van der Waals surface area contributed by atoms with Gasteiger partial charge in [0.1, 0.15) is 5.82 Å². The van der Waals surface area contributed by atoms with Crippen molar-refractivity contribution in [1.29, 1.82) is 0 Å². The minimum absolute atomic E-state index is 0.287. The Kier molecular flexibility index (Phi) is 4.27. The van der Waals surface area contributed by atoms with Crippen molar-refractivity contribution in [2.24, 2.45) is 0 Å². The minimum Gasteiger partial charge on any atom is -0.465 e. The van der Waals surface area contributed by atoms with E-state index in [0.29, 0.717) is 11.4 Å². The number of ether oxygens (including phenoxy) is 1. The summed E-state index contributed by atoms with van der Waals surface area (Å²) in [7, 11) is 5.27. The van der Waals surface area contributed by atoms with Crippen LogP contribution in [0.25, 0.3) is 0 Å². The molecule has 0 unspecified atom stereocenters. The zero-order valence-electron chi connectivity index (χ0n) is 12.3. The molecule has 0 radical (unpaired) electrons. The van der Waals surface area contributed by atoms with Gasteiger partial charge in [-0.1, -0.05) is 0 Å². The number of pyridine rings is 1. The van der Waals surface area contributed by atoms with Crippen molar-refractivity contribution in [3.05, 3.63) is 42.1 Å². The van der Waals surface area contributed by atoms with E-state index in [9.17, 15) is 4.79 Å². The average molecular weight is 286 g/mol. The normalized spacial score (nSPS) is 10.0. The highest BCUT2D eigenvalue weighted by molar-refractivity contribution is 5.95. The van der Waals surface area contributed by atoms with Crippen LogP contribution in [0.5, 0.6) is 0 Å². The van der Waals surface area contributed by atoms with Crippen LogP contribution in [-0.4, -0.2) is 32.2 Å². The quantitative estimate of drug-likeness (QED) is 0.839. The van der Waals surface area contributed by atoms with Crippen LogP contribution < -0.4 is 16.0 Å². The first-order chi connectivity index (χ1) is 10.0. The number of nitrogens with two attached hydrogens (primary N) is 1. The van der Waals surface area contributed by atoms with Crippen molar-refractivity contribution in [3.63, 3.8) is 0 Å². The Balaban J connectivity index is 2.21. The number of nitrogens with zero attached hydrogens (tertiary/aromatic N) is 2. The van der Waals surface area contributed by atoms with E-state index in [0.717, 1.165) is 11.4 Å². The average Bonchev–Trinajstić information content (AvgIpc) is 2.49. The second-order valence-electron chi connectivity index (χ2n) is 4.71. The van der Waals surface area contributed by atoms with Crippen molar-refractivity contribution in [3.8, 4) is 0 Å². The van der Waals surface area contributed by atoms with Crippen molar-refractivity contribution in [2.45, 2.75) is 0 Å². The van der Waals surface area contributed by atoms with Crippen molar-refractivity contribution >= 4 is 28.8 Å². The molecule has 110 valence electrons. The Labute approximate surface area is 123 Å². The number of benzene rings is 1. The summed E-state index contributed by atoms with van der Waals surface area (Å²) in [6.45, 7) is 0. The van der Waals surface area contributed by atoms with Gasteiger partial charge >= 0.3 is 5.97 Å². The first-order valence-electron chi connectivity index (χ1n) is 6.39. The number of nitrogen functional groups attached to an aromatic ring is 1. The van der Waals surface area contributed by atoms with E-state index in [2.05, 4.69) is 15.0 Å². The Morgan fingerprint density at radius 2 is 1.95 bits per heavy atom. The van der Waals surface area contributed by atoms with Gasteiger partial charge in [-0.05, 0) is 30.3 Å². The van der Waals surface area contributed by atoms with E-state index in [4.69, 9.17) is 5.73 Å². The van der Waals surface area contributed by atoms with Gasteiger partial charge in [-0.2, -0.15) is 0 Å². The molecule has 0 bridgehead atoms. The van der Waals surface area contributed by atoms with Gasteiger partial charge in [0.15, 0.2) is 0 Å². The molecule has 0 aliphatic carbocycles. The zero-order valence-corrected chi connectivity index (χ0v) is 12.3. The number of hydrogen-bond acceptors (Lipinski definition) is 6. The van der Waals surface area contributed by atoms with Crippen LogP contribution in [0.15, 0.2) is 36.5 Å². The second kappa shape index (κ2) is 6.13. The molecule has 6 nitrogen and oxygen atoms in total. The molecule has 3 N–H and O–H groups in total. The number of carbonyl (C=O) groups excluding carboxylic acids is 1. The first kappa shape index (κ1) is 14.6. The summed E-state index contributed by atoms with van der Waals surface area (Å²) in [6.07, 6.45) is 1.43. The maximum atomic E-state index is 11.6. The Morgan fingerprint density at radius 1 is 1.29 bits per heavy atom. The number of aromatic nitrogens is 1. The molecule has 21 heavy (non-hydrogen) atoms. The standard InChI is InChI=1S/C15H18N4O2/c1-19(2)11-6-4-10(5-7-11)18-14-8-12(15(20)21-3)13(16)9-17-14/h4-9H,16H2,1-3H3,(H,17,18). The zero-order chi connectivity index (χ0) is 15.4. The maximum absolute atomic E-state index is 11.6. The number of nitrogens with one attached hydrogen (secondary N) is 1. The minimum atomic E-state index is -0.485. The Bertz CT molecular complexity index is 639. The number of anilines is 4. The van der Waals surface area contributed by atoms with Crippen LogP contribution in [0.1, 0.15) is 10.4 Å². The van der Waals surface area contributed by atoms with Crippen molar-refractivity contribution < 1.29 is 9.53 Å². The molecule has 0 saturated heterocycles. The van der Waals surface area contributed by atoms with E-state index in [-0.39, 0.29) is 5.69 Å².